The highest BCUT2D eigenvalue weighted by Gasteiger charge is 2.22. The molecular formula is C14H20N2O4. The first kappa shape index (κ1) is 15.8. The lowest BCUT2D eigenvalue weighted by Gasteiger charge is -2.21. The van der Waals surface area contributed by atoms with E-state index in [1.807, 2.05) is 0 Å². The Labute approximate surface area is 118 Å². The number of nitrogen functional groups attached to an aromatic ring is 1. The van der Waals surface area contributed by atoms with Gasteiger partial charge in [0.2, 0.25) is 0 Å². The average molecular weight is 280 g/mol. The molecule has 1 amide bonds. The first-order chi connectivity index (χ1) is 9.19. The number of hydrogen-bond donors (Lipinski definition) is 2. The number of esters is 1. The highest BCUT2D eigenvalue weighted by molar-refractivity contribution is 5.83. The van der Waals surface area contributed by atoms with Crippen molar-refractivity contribution in [3.05, 3.63) is 24.3 Å². The molecule has 0 heterocycles. The SMILES string of the molecule is CC(NC(=O)OC(C)(C)C)C(=O)Oc1ccccc1N. The van der Waals surface area contributed by atoms with Crippen LogP contribution in [0.15, 0.2) is 24.3 Å². The number of carbonyl (C=O) groups is 2. The lowest BCUT2D eigenvalue weighted by molar-refractivity contribution is -0.136. The fourth-order valence-corrected chi connectivity index (χ4v) is 1.31. The van der Waals surface area contributed by atoms with E-state index < -0.39 is 23.7 Å². The standard InChI is InChI=1S/C14H20N2O4/c1-9(16-13(18)20-14(2,3)4)12(17)19-11-8-6-5-7-10(11)15/h5-9H,15H2,1-4H3,(H,16,18). The minimum Gasteiger partial charge on any atom is -0.444 e. The Kier molecular flexibility index (Phi) is 4.96. The summed E-state index contributed by atoms with van der Waals surface area (Å²) < 4.78 is 10.2. The number of para-hydroxylation sites is 2. The fraction of sp³-hybridized carbons (Fsp3) is 0.429. The molecule has 20 heavy (non-hydrogen) atoms. The number of amides is 1. The van der Waals surface area contributed by atoms with Gasteiger partial charge in [-0.1, -0.05) is 12.1 Å². The zero-order valence-corrected chi connectivity index (χ0v) is 12.1. The smallest absolute Gasteiger partial charge is 0.408 e. The number of ether oxygens (including phenoxy) is 2. The molecule has 0 spiro atoms. The van der Waals surface area contributed by atoms with Crippen molar-refractivity contribution in [2.24, 2.45) is 0 Å². The molecule has 6 nitrogen and oxygen atoms in total. The lowest BCUT2D eigenvalue weighted by atomic mass is 10.2. The number of rotatable bonds is 3. The van der Waals surface area contributed by atoms with E-state index in [9.17, 15) is 9.59 Å². The molecule has 0 aliphatic carbocycles. The molecule has 0 aliphatic rings. The number of nitrogens with one attached hydrogen (secondary N) is 1. The summed E-state index contributed by atoms with van der Waals surface area (Å²) in [6.45, 7) is 6.71. The predicted octanol–water partition coefficient (Wildman–Crippen LogP) is 2.09. The third-order valence-electron chi connectivity index (χ3n) is 2.22. The van der Waals surface area contributed by atoms with Crippen molar-refractivity contribution in [2.45, 2.75) is 39.3 Å². The van der Waals surface area contributed by atoms with E-state index >= 15 is 0 Å². The van der Waals surface area contributed by atoms with Crippen LogP contribution in [0.1, 0.15) is 27.7 Å². The number of anilines is 1. The largest absolute Gasteiger partial charge is 0.444 e. The molecule has 1 rings (SSSR count). The summed E-state index contributed by atoms with van der Waals surface area (Å²) in [5.41, 5.74) is 5.39. The van der Waals surface area contributed by atoms with Gasteiger partial charge in [-0.15, -0.1) is 0 Å². The van der Waals surface area contributed by atoms with Gasteiger partial charge in [-0.2, -0.15) is 0 Å². The van der Waals surface area contributed by atoms with Crippen LogP contribution in [0.2, 0.25) is 0 Å². The van der Waals surface area contributed by atoms with Gasteiger partial charge in [-0.3, -0.25) is 0 Å². The molecule has 0 saturated carbocycles. The third kappa shape index (κ3) is 5.17. The van der Waals surface area contributed by atoms with Crippen LogP contribution in [0.25, 0.3) is 0 Å². The molecule has 1 unspecified atom stereocenters. The number of alkyl carbamates (subject to hydrolysis) is 1. The van der Waals surface area contributed by atoms with Crippen molar-refractivity contribution in [1.29, 1.82) is 0 Å². The Bertz CT molecular complexity index is 494. The maximum atomic E-state index is 11.8. The number of benzene rings is 1. The van der Waals surface area contributed by atoms with Gasteiger partial charge in [0.1, 0.15) is 11.6 Å². The Morgan fingerprint density at radius 1 is 1.25 bits per heavy atom. The van der Waals surface area contributed by atoms with E-state index in [2.05, 4.69) is 5.32 Å². The molecule has 0 fully saturated rings. The van der Waals surface area contributed by atoms with Crippen molar-refractivity contribution in [1.82, 2.24) is 5.32 Å². The Hall–Kier alpha value is -2.24. The molecular weight excluding hydrogens is 260 g/mol. The van der Waals surface area contributed by atoms with Gasteiger partial charge in [0, 0.05) is 0 Å². The van der Waals surface area contributed by atoms with Crippen LogP contribution < -0.4 is 15.8 Å². The quantitative estimate of drug-likeness (QED) is 0.502. The van der Waals surface area contributed by atoms with Crippen LogP contribution in [-0.2, 0) is 9.53 Å². The van der Waals surface area contributed by atoms with Gasteiger partial charge in [-0.25, -0.2) is 9.59 Å². The summed E-state index contributed by atoms with van der Waals surface area (Å²) in [6, 6.07) is 5.78. The van der Waals surface area contributed by atoms with Crippen molar-refractivity contribution in [2.75, 3.05) is 5.73 Å². The summed E-state index contributed by atoms with van der Waals surface area (Å²) >= 11 is 0. The Balaban J connectivity index is 2.56. The minimum absolute atomic E-state index is 0.260. The molecule has 0 bridgehead atoms. The zero-order chi connectivity index (χ0) is 15.3. The maximum Gasteiger partial charge on any atom is 0.408 e. The van der Waals surface area contributed by atoms with Crippen LogP contribution in [0, 0.1) is 0 Å². The number of nitrogens with two attached hydrogens (primary N) is 1. The summed E-state index contributed by atoms with van der Waals surface area (Å²) in [4.78, 5) is 23.3. The van der Waals surface area contributed by atoms with Gasteiger partial charge in [0.05, 0.1) is 5.69 Å². The molecule has 0 saturated heterocycles. The normalized spacial score (nSPS) is 12.4. The lowest BCUT2D eigenvalue weighted by Crippen LogP contribution is -2.43. The second kappa shape index (κ2) is 6.27. The minimum atomic E-state index is -0.843. The molecule has 3 N–H and O–H groups in total. The van der Waals surface area contributed by atoms with E-state index in [1.54, 1.807) is 45.0 Å². The summed E-state index contributed by atoms with van der Waals surface area (Å²) in [7, 11) is 0. The van der Waals surface area contributed by atoms with E-state index in [0.717, 1.165) is 0 Å². The van der Waals surface area contributed by atoms with E-state index in [-0.39, 0.29) is 5.75 Å². The molecule has 110 valence electrons. The number of carbonyl (C=O) groups excluding carboxylic acids is 2. The monoisotopic (exact) mass is 280 g/mol. The highest BCUT2D eigenvalue weighted by Crippen LogP contribution is 2.20. The number of hydrogen-bond acceptors (Lipinski definition) is 5. The van der Waals surface area contributed by atoms with Crippen LogP contribution >= 0.6 is 0 Å². The topological polar surface area (TPSA) is 90.6 Å². The molecule has 0 aliphatic heterocycles. The molecule has 0 radical (unpaired) electrons. The van der Waals surface area contributed by atoms with Crippen molar-refractivity contribution < 1.29 is 19.1 Å². The van der Waals surface area contributed by atoms with Gasteiger partial charge in [0.15, 0.2) is 5.75 Å². The van der Waals surface area contributed by atoms with Crippen molar-refractivity contribution >= 4 is 17.7 Å². The summed E-state index contributed by atoms with van der Waals surface area (Å²) in [5, 5.41) is 2.40. The van der Waals surface area contributed by atoms with Crippen molar-refractivity contribution in [3.63, 3.8) is 0 Å². The van der Waals surface area contributed by atoms with Crippen LogP contribution in [-0.4, -0.2) is 23.7 Å². The second-order valence-electron chi connectivity index (χ2n) is 5.33. The molecule has 0 aromatic heterocycles. The molecule has 6 heteroatoms. The maximum absolute atomic E-state index is 11.8. The van der Waals surface area contributed by atoms with E-state index in [0.29, 0.717) is 5.69 Å². The zero-order valence-electron chi connectivity index (χ0n) is 12.1. The first-order valence-electron chi connectivity index (χ1n) is 6.25. The molecule has 1 aromatic rings. The molecule has 1 atom stereocenters. The Morgan fingerprint density at radius 2 is 1.85 bits per heavy atom. The molecule has 1 aromatic carbocycles. The third-order valence-corrected chi connectivity index (χ3v) is 2.22. The highest BCUT2D eigenvalue weighted by atomic mass is 16.6. The van der Waals surface area contributed by atoms with Crippen LogP contribution in [0.3, 0.4) is 0 Å². The summed E-state index contributed by atoms with van der Waals surface area (Å²) in [6.07, 6.45) is -0.678. The second-order valence-corrected chi connectivity index (χ2v) is 5.33. The average Bonchev–Trinajstić information content (AvgIpc) is 2.29. The van der Waals surface area contributed by atoms with Crippen LogP contribution in [0.5, 0.6) is 5.75 Å². The van der Waals surface area contributed by atoms with Gasteiger partial charge < -0.3 is 20.5 Å². The van der Waals surface area contributed by atoms with Crippen LogP contribution in [0.4, 0.5) is 10.5 Å². The first-order valence-corrected chi connectivity index (χ1v) is 6.25. The van der Waals surface area contributed by atoms with Gasteiger partial charge in [-0.05, 0) is 39.8 Å². The fourth-order valence-electron chi connectivity index (χ4n) is 1.31. The van der Waals surface area contributed by atoms with Gasteiger partial charge in [0.25, 0.3) is 0 Å². The Morgan fingerprint density at radius 3 is 2.40 bits per heavy atom. The van der Waals surface area contributed by atoms with E-state index in [4.69, 9.17) is 15.2 Å². The van der Waals surface area contributed by atoms with E-state index in [1.165, 1.54) is 6.92 Å². The van der Waals surface area contributed by atoms with Crippen molar-refractivity contribution in [3.8, 4) is 5.75 Å². The summed E-state index contributed by atoms with van der Waals surface area (Å²) in [5.74, 6) is -0.357. The predicted molar refractivity (Wildman–Crippen MR) is 75.3 cm³/mol. The van der Waals surface area contributed by atoms with Gasteiger partial charge >= 0.3 is 12.1 Å².